The number of hydrogen-bond donors (Lipinski definition) is 3. The van der Waals surface area contributed by atoms with Gasteiger partial charge in [0.05, 0.1) is 22.9 Å². The van der Waals surface area contributed by atoms with Crippen LogP contribution in [0.2, 0.25) is 5.02 Å². The van der Waals surface area contributed by atoms with Crippen molar-refractivity contribution in [2.75, 3.05) is 30.3 Å². The molecule has 0 saturated carbocycles. The van der Waals surface area contributed by atoms with E-state index >= 15 is 0 Å². The Hall–Kier alpha value is -4.87. The summed E-state index contributed by atoms with van der Waals surface area (Å²) >= 11 is 6.13. The third kappa shape index (κ3) is 6.86. The van der Waals surface area contributed by atoms with E-state index in [0.717, 1.165) is 95.6 Å². The Morgan fingerprint density at radius 1 is 0.980 bits per heavy atom. The number of nitrogens with one attached hydrogen (secondary N) is 2. The number of amides is 2. The maximum absolute atomic E-state index is 13.4. The molecule has 0 atom stereocenters. The van der Waals surface area contributed by atoms with Gasteiger partial charge in [-0.1, -0.05) is 50.1 Å². The van der Waals surface area contributed by atoms with Crippen LogP contribution in [0.4, 0.5) is 16.3 Å². The first-order chi connectivity index (χ1) is 23.5. The number of benzene rings is 3. The Kier molecular flexibility index (Phi) is 8.81. The quantitative estimate of drug-likeness (QED) is 0.159. The van der Waals surface area contributed by atoms with E-state index in [0.29, 0.717) is 24.0 Å². The highest BCUT2D eigenvalue weighted by atomic mass is 35.5. The zero-order chi connectivity index (χ0) is 34.3. The first-order valence-electron chi connectivity index (χ1n) is 16.7. The Morgan fingerprint density at radius 2 is 1.78 bits per heavy atom. The fourth-order valence-electron chi connectivity index (χ4n) is 6.46. The minimum atomic E-state index is -0.314. The van der Waals surface area contributed by atoms with E-state index in [4.69, 9.17) is 21.4 Å². The standard InChI is InChI=1S/C37H41ClN8O3/c1-23-8-11-25(12-9-23)46-33(21-32(43-46)37(2,3)4)40-36(48)39-29-13-15-31(27-7-5-6-26(27)29)49-19-18-44-16-17-45-34(22-44)41-42-35(45)24-10-14-30(47)28(38)20-24/h8-15,20-21,47H,5-7,16-19,22H2,1-4H3,(H2,39,40,48). The molecule has 0 radical (unpaired) electrons. The molecule has 5 aromatic rings. The third-order valence-corrected chi connectivity index (χ3v) is 9.49. The Bertz CT molecular complexity index is 2010. The lowest BCUT2D eigenvalue weighted by atomic mass is 9.92. The second-order valence-electron chi connectivity index (χ2n) is 13.8. The van der Waals surface area contributed by atoms with Crippen LogP contribution in [0.15, 0.2) is 60.7 Å². The van der Waals surface area contributed by atoms with Crippen LogP contribution in [0, 0.1) is 6.92 Å². The molecule has 2 amide bonds. The number of halogens is 1. The number of urea groups is 1. The summed E-state index contributed by atoms with van der Waals surface area (Å²) in [6.45, 7) is 11.9. The highest BCUT2D eigenvalue weighted by Crippen LogP contribution is 2.36. The molecule has 0 bridgehead atoms. The topological polar surface area (TPSA) is 122 Å². The van der Waals surface area contributed by atoms with Gasteiger partial charge in [-0.25, -0.2) is 9.48 Å². The summed E-state index contributed by atoms with van der Waals surface area (Å²) in [6, 6.07) is 18.7. The SMILES string of the molecule is Cc1ccc(-n2nc(C(C)(C)C)cc2NC(=O)Nc2ccc(OCCN3CCn4c(nnc4-c4ccc(O)c(Cl)c4)C3)c3c2CCC3)cc1. The van der Waals surface area contributed by atoms with Gasteiger partial charge in [0.1, 0.15) is 29.7 Å². The smallest absolute Gasteiger partial charge is 0.324 e. The zero-order valence-corrected chi connectivity index (χ0v) is 29.0. The van der Waals surface area contributed by atoms with Gasteiger partial charge >= 0.3 is 6.03 Å². The number of hydrogen-bond acceptors (Lipinski definition) is 7. The highest BCUT2D eigenvalue weighted by molar-refractivity contribution is 6.32. The summed E-state index contributed by atoms with van der Waals surface area (Å²) < 4.78 is 10.2. The number of phenolic OH excluding ortho intramolecular Hbond substituents is 1. The number of aryl methyl sites for hydroxylation is 1. The van der Waals surface area contributed by atoms with E-state index in [2.05, 4.69) is 51.1 Å². The van der Waals surface area contributed by atoms with E-state index in [1.165, 1.54) is 0 Å². The molecule has 1 aliphatic carbocycles. The molecule has 254 valence electrons. The van der Waals surface area contributed by atoms with E-state index in [9.17, 15) is 9.90 Å². The Labute approximate surface area is 290 Å². The molecular weight excluding hydrogens is 640 g/mol. The van der Waals surface area contributed by atoms with E-state index in [1.807, 2.05) is 49.4 Å². The summed E-state index contributed by atoms with van der Waals surface area (Å²) in [6.07, 6.45) is 2.80. The molecule has 3 aromatic carbocycles. The minimum absolute atomic E-state index is 0.0464. The summed E-state index contributed by atoms with van der Waals surface area (Å²) in [5.74, 6) is 3.16. The van der Waals surface area contributed by atoms with Gasteiger partial charge in [0.15, 0.2) is 5.82 Å². The summed E-state index contributed by atoms with van der Waals surface area (Å²) in [4.78, 5) is 15.7. The maximum Gasteiger partial charge on any atom is 0.324 e. The van der Waals surface area contributed by atoms with E-state index < -0.39 is 0 Å². The molecule has 2 aliphatic rings. The lowest BCUT2D eigenvalue weighted by molar-refractivity contribution is 0.174. The first kappa shape index (κ1) is 32.7. The number of aromatic hydroxyl groups is 1. The fraction of sp³-hybridized carbons (Fsp3) is 0.351. The normalized spacial score (nSPS) is 14.4. The van der Waals surface area contributed by atoms with Crippen molar-refractivity contribution in [1.82, 2.24) is 29.4 Å². The summed E-state index contributed by atoms with van der Waals surface area (Å²) in [7, 11) is 0. The van der Waals surface area contributed by atoms with Gasteiger partial charge in [0, 0.05) is 42.4 Å². The molecular formula is C37H41ClN8O3. The van der Waals surface area contributed by atoms with Crippen LogP contribution >= 0.6 is 11.6 Å². The van der Waals surface area contributed by atoms with Crippen LogP contribution in [0.3, 0.4) is 0 Å². The molecule has 7 rings (SSSR count). The Morgan fingerprint density at radius 3 is 2.55 bits per heavy atom. The van der Waals surface area contributed by atoms with Crippen molar-refractivity contribution in [2.24, 2.45) is 0 Å². The van der Waals surface area contributed by atoms with Gasteiger partial charge in [-0.3, -0.25) is 10.2 Å². The number of carbonyl (C=O) groups excluding carboxylic acids is 1. The molecule has 0 unspecified atom stereocenters. The molecule has 2 aromatic heterocycles. The van der Waals surface area contributed by atoms with Crippen molar-refractivity contribution in [3.63, 3.8) is 0 Å². The predicted molar refractivity (Wildman–Crippen MR) is 191 cm³/mol. The van der Waals surface area contributed by atoms with Crippen molar-refractivity contribution in [3.05, 3.63) is 93.9 Å². The van der Waals surface area contributed by atoms with E-state index in [-0.39, 0.29) is 17.2 Å². The predicted octanol–water partition coefficient (Wildman–Crippen LogP) is 7.12. The molecule has 0 fully saturated rings. The van der Waals surface area contributed by atoms with Gasteiger partial charge in [-0.2, -0.15) is 5.10 Å². The first-order valence-corrected chi connectivity index (χ1v) is 17.1. The van der Waals surface area contributed by atoms with Gasteiger partial charge in [-0.05, 0) is 79.8 Å². The van der Waals surface area contributed by atoms with Gasteiger partial charge in [-0.15, -0.1) is 10.2 Å². The number of anilines is 2. The summed E-state index contributed by atoms with van der Waals surface area (Å²) in [5.41, 5.74) is 6.67. The van der Waals surface area contributed by atoms with Crippen molar-refractivity contribution < 1.29 is 14.6 Å². The van der Waals surface area contributed by atoms with E-state index in [1.54, 1.807) is 22.9 Å². The number of aromatic nitrogens is 5. The molecule has 49 heavy (non-hydrogen) atoms. The minimum Gasteiger partial charge on any atom is -0.506 e. The largest absolute Gasteiger partial charge is 0.506 e. The molecule has 0 spiro atoms. The van der Waals surface area contributed by atoms with Crippen LogP contribution in [-0.2, 0) is 31.3 Å². The molecule has 11 nitrogen and oxygen atoms in total. The fourth-order valence-corrected chi connectivity index (χ4v) is 6.64. The van der Waals surface area contributed by atoms with Gasteiger partial charge in [0.2, 0.25) is 0 Å². The van der Waals surface area contributed by atoms with Gasteiger partial charge < -0.3 is 19.7 Å². The number of rotatable bonds is 8. The molecule has 3 heterocycles. The van der Waals surface area contributed by atoms with Crippen LogP contribution in [-0.4, -0.2) is 60.3 Å². The van der Waals surface area contributed by atoms with Crippen molar-refractivity contribution in [3.8, 4) is 28.6 Å². The average molecular weight is 681 g/mol. The van der Waals surface area contributed by atoms with Crippen LogP contribution in [0.25, 0.3) is 17.1 Å². The lowest BCUT2D eigenvalue weighted by Gasteiger charge is -2.27. The van der Waals surface area contributed by atoms with Crippen LogP contribution < -0.4 is 15.4 Å². The average Bonchev–Trinajstić information content (AvgIpc) is 3.83. The second kappa shape index (κ2) is 13.2. The number of fused-ring (bicyclic) bond motifs is 2. The second-order valence-corrected chi connectivity index (χ2v) is 14.2. The third-order valence-electron chi connectivity index (χ3n) is 9.19. The van der Waals surface area contributed by atoms with Crippen LogP contribution in [0.1, 0.15) is 55.4 Å². The summed E-state index contributed by atoms with van der Waals surface area (Å²) in [5, 5.41) is 29.9. The van der Waals surface area contributed by atoms with Crippen molar-refractivity contribution in [1.29, 1.82) is 0 Å². The molecule has 12 heteroatoms. The monoisotopic (exact) mass is 680 g/mol. The lowest BCUT2D eigenvalue weighted by Crippen LogP contribution is -2.36. The van der Waals surface area contributed by atoms with Crippen molar-refractivity contribution in [2.45, 2.75) is 65.5 Å². The number of phenols is 1. The number of ether oxygens (including phenoxy) is 1. The Balaban J connectivity index is 0.986. The van der Waals surface area contributed by atoms with Gasteiger partial charge in [0.25, 0.3) is 0 Å². The molecule has 0 saturated heterocycles. The number of nitrogens with zero attached hydrogens (tertiary/aromatic N) is 6. The van der Waals surface area contributed by atoms with Crippen molar-refractivity contribution >= 4 is 29.1 Å². The molecule has 3 N–H and O–H groups in total. The number of carbonyl (C=O) groups is 1. The zero-order valence-electron chi connectivity index (χ0n) is 28.3. The highest BCUT2D eigenvalue weighted by Gasteiger charge is 2.25. The van der Waals surface area contributed by atoms with Crippen LogP contribution in [0.5, 0.6) is 11.5 Å². The maximum atomic E-state index is 13.4. The molecule has 1 aliphatic heterocycles.